The van der Waals surface area contributed by atoms with E-state index >= 15 is 0 Å². The third-order valence-electron chi connectivity index (χ3n) is 4.57. The van der Waals surface area contributed by atoms with Gasteiger partial charge >= 0.3 is 0 Å². The van der Waals surface area contributed by atoms with Gasteiger partial charge in [-0.3, -0.25) is 4.79 Å². The summed E-state index contributed by atoms with van der Waals surface area (Å²) in [7, 11) is -3.66. The molecule has 0 saturated carbocycles. The summed E-state index contributed by atoms with van der Waals surface area (Å²) in [6.45, 7) is 1.65. The fraction of sp³-hybridized carbons (Fsp3) is 0.562. The summed E-state index contributed by atoms with van der Waals surface area (Å²) in [6, 6.07) is 2.88. The number of ether oxygens (including phenoxy) is 1. The smallest absolute Gasteiger partial charge is 0.282 e. The van der Waals surface area contributed by atoms with Crippen molar-refractivity contribution in [2.24, 2.45) is 5.92 Å². The molecular formula is C16H21F2N3O4S. The monoisotopic (exact) mass is 389 g/mol. The number of hydrogen-bond donors (Lipinski definition) is 1. The van der Waals surface area contributed by atoms with Crippen molar-refractivity contribution in [2.75, 3.05) is 44.7 Å². The standard InChI is InChI=1S/C16H21F2N3O4S/c17-13-3-4-15(14(18)10-13)19-16(22)12-2-1-5-21(11-12)26(23,24)20-6-8-25-9-7-20/h3-4,10,12H,1-2,5-9,11H2,(H,19,22). The predicted octanol–water partition coefficient (Wildman–Crippen LogP) is 1.19. The van der Waals surface area contributed by atoms with E-state index in [1.807, 2.05) is 0 Å². The van der Waals surface area contributed by atoms with Crippen LogP contribution in [0.5, 0.6) is 0 Å². The molecule has 0 radical (unpaired) electrons. The number of halogens is 2. The maximum absolute atomic E-state index is 13.7. The lowest BCUT2D eigenvalue weighted by Crippen LogP contribution is -2.52. The Morgan fingerprint density at radius 1 is 1.15 bits per heavy atom. The molecule has 0 spiro atoms. The lowest BCUT2D eigenvalue weighted by molar-refractivity contribution is -0.120. The summed E-state index contributed by atoms with van der Waals surface area (Å²) in [4.78, 5) is 12.4. The van der Waals surface area contributed by atoms with Crippen molar-refractivity contribution >= 4 is 21.8 Å². The first kappa shape index (κ1) is 19.2. The highest BCUT2D eigenvalue weighted by Gasteiger charge is 2.36. The van der Waals surface area contributed by atoms with E-state index in [2.05, 4.69) is 5.32 Å². The number of amides is 1. The number of hydrogen-bond acceptors (Lipinski definition) is 4. The van der Waals surface area contributed by atoms with Gasteiger partial charge in [-0.05, 0) is 25.0 Å². The molecule has 1 unspecified atom stereocenters. The van der Waals surface area contributed by atoms with Gasteiger partial charge in [0.1, 0.15) is 11.6 Å². The molecule has 0 aromatic heterocycles. The zero-order valence-electron chi connectivity index (χ0n) is 14.2. The number of rotatable bonds is 4. The van der Waals surface area contributed by atoms with Crippen molar-refractivity contribution < 1.29 is 26.7 Å². The Hall–Kier alpha value is -1.62. The molecule has 1 aromatic carbocycles. The summed E-state index contributed by atoms with van der Waals surface area (Å²) in [5.41, 5.74) is -0.121. The van der Waals surface area contributed by atoms with Gasteiger partial charge in [0.2, 0.25) is 5.91 Å². The minimum atomic E-state index is -3.66. The SMILES string of the molecule is O=C(Nc1ccc(F)cc1F)C1CCCN(S(=O)(=O)N2CCOCC2)C1. The predicted molar refractivity (Wildman–Crippen MR) is 90.6 cm³/mol. The second-order valence-electron chi connectivity index (χ2n) is 6.33. The van der Waals surface area contributed by atoms with Crippen LogP contribution in [0.15, 0.2) is 18.2 Å². The summed E-state index contributed by atoms with van der Waals surface area (Å²) >= 11 is 0. The minimum absolute atomic E-state index is 0.0360. The van der Waals surface area contributed by atoms with Gasteiger partial charge in [0.05, 0.1) is 24.8 Å². The Balaban J connectivity index is 1.66. The summed E-state index contributed by atoms with van der Waals surface area (Å²) in [5.74, 6) is -2.67. The second kappa shape index (κ2) is 7.95. The van der Waals surface area contributed by atoms with Crippen LogP contribution in [0.2, 0.25) is 0 Å². The Morgan fingerprint density at radius 2 is 1.88 bits per heavy atom. The van der Waals surface area contributed by atoms with Crippen LogP contribution in [-0.4, -0.2) is 62.3 Å². The van der Waals surface area contributed by atoms with Crippen molar-refractivity contribution in [2.45, 2.75) is 12.8 Å². The van der Waals surface area contributed by atoms with E-state index in [-0.39, 0.29) is 25.3 Å². The van der Waals surface area contributed by atoms with Crippen molar-refractivity contribution in [1.82, 2.24) is 8.61 Å². The lowest BCUT2D eigenvalue weighted by Gasteiger charge is -2.36. The second-order valence-corrected chi connectivity index (χ2v) is 8.26. The molecule has 0 aliphatic carbocycles. The van der Waals surface area contributed by atoms with Crippen LogP contribution >= 0.6 is 0 Å². The molecule has 1 atom stereocenters. The molecule has 1 N–H and O–H groups in total. The van der Waals surface area contributed by atoms with Crippen molar-refractivity contribution in [3.05, 3.63) is 29.8 Å². The van der Waals surface area contributed by atoms with E-state index in [0.717, 1.165) is 12.1 Å². The molecule has 144 valence electrons. The molecule has 26 heavy (non-hydrogen) atoms. The van der Waals surface area contributed by atoms with Gasteiger partial charge in [-0.25, -0.2) is 8.78 Å². The maximum atomic E-state index is 13.7. The van der Waals surface area contributed by atoms with Crippen molar-refractivity contribution in [1.29, 1.82) is 0 Å². The number of anilines is 1. The third-order valence-corrected chi connectivity index (χ3v) is 6.57. The first-order valence-corrected chi connectivity index (χ1v) is 9.86. The molecule has 1 aromatic rings. The van der Waals surface area contributed by atoms with E-state index < -0.39 is 33.7 Å². The number of piperidine rings is 1. The van der Waals surface area contributed by atoms with Crippen molar-refractivity contribution in [3.8, 4) is 0 Å². The Morgan fingerprint density at radius 3 is 2.58 bits per heavy atom. The first-order chi connectivity index (χ1) is 12.4. The fourth-order valence-electron chi connectivity index (χ4n) is 3.13. The van der Waals surface area contributed by atoms with E-state index in [1.54, 1.807) is 0 Å². The number of nitrogens with zero attached hydrogens (tertiary/aromatic N) is 2. The maximum Gasteiger partial charge on any atom is 0.282 e. The normalized spacial score (nSPS) is 22.9. The average molecular weight is 389 g/mol. The van der Waals surface area contributed by atoms with Gasteiger partial charge in [0.15, 0.2) is 0 Å². The summed E-state index contributed by atoms with van der Waals surface area (Å²) < 4.78 is 59.9. The highest BCUT2D eigenvalue weighted by Crippen LogP contribution is 2.24. The Labute approximate surface area is 151 Å². The van der Waals surface area contributed by atoms with Crippen LogP contribution in [0.4, 0.5) is 14.5 Å². The molecule has 2 heterocycles. The molecule has 1 amide bonds. The molecule has 2 aliphatic rings. The minimum Gasteiger partial charge on any atom is -0.379 e. The van der Waals surface area contributed by atoms with Gasteiger partial charge in [0.25, 0.3) is 10.2 Å². The van der Waals surface area contributed by atoms with Crippen LogP contribution in [0.3, 0.4) is 0 Å². The van der Waals surface area contributed by atoms with Gasteiger partial charge in [-0.2, -0.15) is 17.0 Å². The molecule has 2 saturated heterocycles. The van der Waals surface area contributed by atoms with Crippen molar-refractivity contribution in [3.63, 3.8) is 0 Å². The molecule has 0 bridgehead atoms. The van der Waals surface area contributed by atoms with E-state index in [9.17, 15) is 22.0 Å². The van der Waals surface area contributed by atoms with Gasteiger partial charge in [-0.15, -0.1) is 0 Å². The van der Waals surface area contributed by atoms with Crippen LogP contribution in [0.25, 0.3) is 0 Å². The van der Waals surface area contributed by atoms with Crippen LogP contribution in [-0.2, 0) is 19.7 Å². The van der Waals surface area contributed by atoms with E-state index in [0.29, 0.717) is 38.7 Å². The molecule has 2 aliphatic heterocycles. The molecular weight excluding hydrogens is 368 g/mol. The number of nitrogens with one attached hydrogen (secondary N) is 1. The van der Waals surface area contributed by atoms with E-state index in [4.69, 9.17) is 4.74 Å². The number of benzene rings is 1. The fourth-order valence-corrected chi connectivity index (χ4v) is 4.80. The highest BCUT2D eigenvalue weighted by molar-refractivity contribution is 7.86. The van der Waals surface area contributed by atoms with Crippen LogP contribution in [0.1, 0.15) is 12.8 Å². The number of morpholine rings is 1. The lowest BCUT2D eigenvalue weighted by atomic mass is 9.98. The Kier molecular flexibility index (Phi) is 5.86. The summed E-state index contributed by atoms with van der Waals surface area (Å²) in [5, 5.41) is 2.42. The van der Waals surface area contributed by atoms with Gasteiger partial charge in [-0.1, -0.05) is 0 Å². The highest BCUT2D eigenvalue weighted by atomic mass is 32.2. The Bertz CT molecular complexity index is 769. The number of carbonyl (C=O) groups is 1. The quantitative estimate of drug-likeness (QED) is 0.839. The number of carbonyl (C=O) groups excluding carboxylic acids is 1. The molecule has 3 rings (SSSR count). The van der Waals surface area contributed by atoms with E-state index in [1.165, 1.54) is 8.61 Å². The average Bonchev–Trinajstić information content (AvgIpc) is 2.65. The van der Waals surface area contributed by atoms with Crippen LogP contribution < -0.4 is 5.32 Å². The summed E-state index contributed by atoms with van der Waals surface area (Å²) in [6.07, 6.45) is 1.04. The van der Waals surface area contributed by atoms with Gasteiger partial charge in [0, 0.05) is 32.2 Å². The third kappa shape index (κ3) is 4.20. The molecule has 10 heteroatoms. The zero-order valence-corrected chi connectivity index (χ0v) is 15.0. The topological polar surface area (TPSA) is 79.0 Å². The first-order valence-electron chi connectivity index (χ1n) is 8.47. The largest absolute Gasteiger partial charge is 0.379 e. The zero-order chi connectivity index (χ0) is 18.7. The molecule has 7 nitrogen and oxygen atoms in total. The van der Waals surface area contributed by atoms with Gasteiger partial charge < -0.3 is 10.1 Å². The van der Waals surface area contributed by atoms with Crippen LogP contribution in [0, 0.1) is 17.6 Å². The molecule has 2 fully saturated rings.